The number of rotatable bonds is 5. The third-order valence-electron chi connectivity index (χ3n) is 6.25. The van der Waals surface area contributed by atoms with Gasteiger partial charge >= 0.3 is 5.97 Å². The summed E-state index contributed by atoms with van der Waals surface area (Å²) in [4.78, 5) is 23.6. The first-order valence-electron chi connectivity index (χ1n) is 10.4. The number of anilines is 1. The lowest BCUT2D eigenvalue weighted by atomic mass is 9.80. The molecule has 0 atom stereocenters. The number of ether oxygens (including phenoxy) is 1. The van der Waals surface area contributed by atoms with Crippen LogP contribution in [0.25, 0.3) is 27.8 Å². The van der Waals surface area contributed by atoms with E-state index in [4.69, 9.17) is 20.6 Å². The van der Waals surface area contributed by atoms with Crippen molar-refractivity contribution >= 4 is 28.2 Å². The van der Waals surface area contributed by atoms with Gasteiger partial charge in [0, 0.05) is 17.7 Å². The van der Waals surface area contributed by atoms with Crippen LogP contribution in [0.1, 0.15) is 43.8 Å². The molecular weight excluding hydrogens is 396 g/mol. The van der Waals surface area contributed by atoms with Crippen LogP contribution >= 0.6 is 0 Å². The van der Waals surface area contributed by atoms with Gasteiger partial charge in [-0.3, -0.25) is 4.79 Å². The first-order valence-corrected chi connectivity index (χ1v) is 10.4. The number of carboxylic acids is 1. The second-order valence-corrected chi connectivity index (χ2v) is 8.15. The highest BCUT2D eigenvalue weighted by atomic mass is 16.5. The number of methoxy groups -OCH3 is 1. The largest absolute Gasteiger partial charge is 0.495 e. The van der Waals surface area contributed by atoms with Crippen LogP contribution in [0.3, 0.4) is 0 Å². The van der Waals surface area contributed by atoms with Crippen molar-refractivity contribution in [2.24, 2.45) is 5.92 Å². The number of imidazole rings is 1. The van der Waals surface area contributed by atoms with Gasteiger partial charge in [0.2, 0.25) is 0 Å². The first kappa shape index (κ1) is 19.3. The number of nitrogens with zero attached hydrogens (tertiary/aromatic N) is 4. The topological polar surface area (TPSA) is 131 Å². The maximum atomic E-state index is 11.1. The summed E-state index contributed by atoms with van der Waals surface area (Å²) in [6, 6.07) is 7.90. The quantitative estimate of drug-likeness (QED) is 0.449. The van der Waals surface area contributed by atoms with Gasteiger partial charge in [0.25, 0.3) is 0 Å². The summed E-state index contributed by atoms with van der Waals surface area (Å²) in [7, 11) is 1.64. The molecule has 4 aromatic rings. The van der Waals surface area contributed by atoms with E-state index in [1.54, 1.807) is 11.6 Å². The molecule has 0 aliphatic heterocycles. The Labute approximate surface area is 178 Å². The number of aliphatic carboxylic acids is 1. The Morgan fingerprint density at radius 3 is 2.87 bits per heavy atom. The maximum Gasteiger partial charge on any atom is 0.303 e. The molecule has 0 amide bonds. The van der Waals surface area contributed by atoms with E-state index in [0.29, 0.717) is 17.0 Å². The van der Waals surface area contributed by atoms with Crippen LogP contribution in [0.5, 0.6) is 5.75 Å². The number of hydrogen-bond donors (Lipinski definition) is 3. The fourth-order valence-corrected chi connectivity index (χ4v) is 4.73. The zero-order valence-electron chi connectivity index (χ0n) is 17.2. The van der Waals surface area contributed by atoms with Crippen LogP contribution < -0.4 is 10.5 Å². The number of nitrogens with two attached hydrogens (primary N) is 1. The lowest BCUT2D eigenvalue weighted by molar-refractivity contribution is -0.138. The van der Waals surface area contributed by atoms with E-state index in [9.17, 15) is 4.79 Å². The van der Waals surface area contributed by atoms with E-state index in [1.165, 1.54) is 6.33 Å². The first-order chi connectivity index (χ1) is 15.0. The Kier molecular flexibility index (Phi) is 4.72. The molecule has 3 aromatic heterocycles. The molecule has 0 bridgehead atoms. The van der Waals surface area contributed by atoms with Crippen LogP contribution in [0.2, 0.25) is 0 Å². The van der Waals surface area contributed by atoms with Crippen LogP contribution in [-0.2, 0) is 4.79 Å². The molecule has 9 heteroatoms. The SMILES string of the molecule is COc1cccc2cc(-c3nc(C4CCC(CC(=O)O)CC4)n4ncnc(N)c34)[nH]c12. The van der Waals surface area contributed by atoms with Gasteiger partial charge in [-0.15, -0.1) is 0 Å². The summed E-state index contributed by atoms with van der Waals surface area (Å²) in [5, 5.41) is 14.6. The monoisotopic (exact) mass is 420 g/mol. The second-order valence-electron chi connectivity index (χ2n) is 8.15. The number of nitrogens with one attached hydrogen (secondary N) is 1. The van der Waals surface area contributed by atoms with E-state index >= 15 is 0 Å². The molecule has 160 valence electrons. The minimum atomic E-state index is -0.730. The van der Waals surface area contributed by atoms with Gasteiger partial charge in [0.05, 0.1) is 18.3 Å². The molecule has 4 N–H and O–H groups in total. The maximum absolute atomic E-state index is 11.1. The molecule has 1 aromatic carbocycles. The van der Waals surface area contributed by atoms with Gasteiger partial charge in [0.15, 0.2) is 5.82 Å². The van der Waals surface area contributed by atoms with Crippen molar-refractivity contribution in [3.8, 4) is 17.1 Å². The Bertz CT molecular complexity index is 1270. The third-order valence-corrected chi connectivity index (χ3v) is 6.25. The fraction of sp³-hybridized carbons (Fsp3) is 0.364. The van der Waals surface area contributed by atoms with E-state index in [1.807, 2.05) is 24.3 Å². The molecule has 1 aliphatic carbocycles. The molecule has 0 radical (unpaired) electrons. The van der Waals surface area contributed by atoms with Crippen molar-refractivity contribution < 1.29 is 14.6 Å². The van der Waals surface area contributed by atoms with Gasteiger partial charge in [-0.25, -0.2) is 14.5 Å². The number of aromatic nitrogens is 5. The summed E-state index contributed by atoms with van der Waals surface area (Å²) < 4.78 is 7.27. The van der Waals surface area contributed by atoms with Crippen LogP contribution in [0.15, 0.2) is 30.6 Å². The molecule has 0 spiro atoms. The molecule has 3 heterocycles. The molecule has 0 unspecified atom stereocenters. The van der Waals surface area contributed by atoms with Gasteiger partial charge in [-0.05, 0) is 43.7 Å². The fourth-order valence-electron chi connectivity index (χ4n) is 4.73. The zero-order valence-corrected chi connectivity index (χ0v) is 17.2. The Morgan fingerprint density at radius 2 is 2.13 bits per heavy atom. The highest BCUT2D eigenvalue weighted by molar-refractivity contribution is 5.93. The average molecular weight is 420 g/mol. The van der Waals surface area contributed by atoms with E-state index in [2.05, 4.69) is 15.1 Å². The van der Waals surface area contributed by atoms with Crippen molar-refractivity contribution in [2.45, 2.75) is 38.0 Å². The summed E-state index contributed by atoms with van der Waals surface area (Å²) in [6.07, 6.45) is 5.16. The lowest BCUT2D eigenvalue weighted by Crippen LogP contribution is -2.18. The molecular formula is C22H24N6O3. The standard InChI is InChI=1S/C22H24N6O3/c1-31-16-4-2-3-14-10-15(26-18(14)16)19-20-21(23)24-11-25-28(20)22(27-19)13-7-5-12(6-8-13)9-17(29)30/h2-4,10-13,26H,5-9H2,1H3,(H,29,30)(H2,23,24,25). The minimum absolute atomic E-state index is 0.194. The number of carboxylic acid groups (broad SMARTS) is 1. The molecule has 0 saturated heterocycles. The van der Waals surface area contributed by atoms with Crippen molar-refractivity contribution in [2.75, 3.05) is 12.8 Å². The lowest BCUT2D eigenvalue weighted by Gasteiger charge is -2.26. The van der Waals surface area contributed by atoms with Gasteiger partial charge in [0.1, 0.15) is 29.1 Å². The Balaban J connectivity index is 1.57. The Hall–Kier alpha value is -3.62. The smallest absolute Gasteiger partial charge is 0.303 e. The summed E-state index contributed by atoms with van der Waals surface area (Å²) in [5.74, 6) is 1.66. The molecule has 1 aliphatic rings. The van der Waals surface area contributed by atoms with Gasteiger partial charge in [-0.1, -0.05) is 12.1 Å². The van der Waals surface area contributed by atoms with Crippen LogP contribution in [0, 0.1) is 5.92 Å². The molecule has 5 rings (SSSR count). The Morgan fingerprint density at radius 1 is 1.32 bits per heavy atom. The highest BCUT2D eigenvalue weighted by Gasteiger charge is 2.29. The molecule has 1 fully saturated rings. The third kappa shape index (κ3) is 3.35. The van der Waals surface area contributed by atoms with E-state index in [0.717, 1.165) is 53.9 Å². The van der Waals surface area contributed by atoms with Gasteiger partial charge in [-0.2, -0.15) is 5.10 Å². The minimum Gasteiger partial charge on any atom is -0.495 e. The number of aromatic amines is 1. The summed E-state index contributed by atoms with van der Waals surface area (Å²) in [5.41, 5.74) is 9.35. The number of hydrogen-bond acceptors (Lipinski definition) is 6. The van der Waals surface area contributed by atoms with E-state index < -0.39 is 5.97 Å². The number of para-hydroxylation sites is 1. The normalized spacial score (nSPS) is 19.1. The molecule has 31 heavy (non-hydrogen) atoms. The summed E-state index contributed by atoms with van der Waals surface area (Å²) >= 11 is 0. The number of benzene rings is 1. The molecule has 1 saturated carbocycles. The van der Waals surface area contributed by atoms with Crippen molar-refractivity contribution in [1.29, 1.82) is 0 Å². The van der Waals surface area contributed by atoms with Crippen molar-refractivity contribution in [3.05, 3.63) is 36.4 Å². The van der Waals surface area contributed by atoms with Gasteiger partial charge < -0.3 is 20.6 Å². The van der Waals surface area contributed by atoms with Crippen LogP contribution in [0.4, 0.5) is 5.82 Å². The molecule has 9 nitrogen and oxygen atoms in total. The highest BCUT2D eigenvalue weighted by Crippen LogP contribution is 2.39. The second kappa shape index (κ2) is 7.57. The summed E-state index contributed by atoms with van der Waals surface area (Å²) in [6.45, 7) is 0. The zero-order chi connectivity index (χ0) is 21.5. The number of nitrogen functional groups attached to an aromatic ring is 1. The number of carbonyl (C=O) groups is 1. The predicted octanol–water partition coefficient (Wildman–Crippen LogP) is 3.61. The average Bonchev–Trinajstić information content (AvgIpc) is 3.36. The van der Waals surface area contributed by atoms with Crippen molar-refractivity contribution in [3.63, 3.8) is 0 Å². The van der Waals surface area contributed by atoms with E-state index in [-0.39, 0.29) is 18.3 Å². The number of H-pyrrole nitrogens is 1. The van der Waals surface area contributed by atoms with Crippen LogP contribution in [-0.4, -0.2) is 42.8 Å². The van der Waals surface area contributed by atoms with Crippen molar-refractivity contribution in [1.82, 2.24) is 24.6 Å². The number of fused-ring (bicyclic) bond motifs is 2. The predicted molar refractivity (Wildman–Crippen MR) is 116 cm³/mol.